The summed E-state index contributed by atoms with van der Waals surface area (Å²) < 4.78 is 18.2. The van der Waals surface area contributed by atoms with E-state index in [1.54, 1.807) is 12.4 Å². The number of hydrogen-bond acceptors (Lipinski definition) is 9. The molecule has 1 aliphatic rings. The van der Waals surface area contributed by atoms with Crippen LogP contribution in [0.1, 0.15) is 25.0 Å². The quantitative estimate of drug-likeness (QED) is 0.139. The van der Waals surface area contributed by atoms with E-state index in [0.29, 0.717) is 17.1 Å². The van der Waals surface area contributed by atoms with Crippen LogP contribution in [0.4, 0.5) is 0 Å². The minimum Gasteiger partial charge on any atom is -0.436 e. The second-order valence-corrected chi connectivity index (χ2v) is 32.0. The van der Waals surface area contributed by atoms with Gasteiger partial charge >= 0.3 is 0 Å². The third kappa shape index (κ3) is 12.6. The molecule has 6 heterocycles. The van der Waals surface area contributed by atoms with E-state index in [0.717, 1.165) is 143 Å². The van der Waals surface area contributed by atoms with E-state index in [1.807, 2.05) is 48.7 Å². The lowest BCUT2D eigenvalue weighted by Gasteiger charge is -2.22. The molecule has 1 aliphatic carbocycles. The maximum absolute atomic E-state index is 6.08. The largest absolute Gasteiger partial charge is 0.436 e. The highest BCUT2D eigenvalue weighted by Gasteiger charge is 2.35. The summed E-state index contributed by atoms with van der Waals surface area (Å²) in [5, 5.41) is 14.9. The molecule has 9 heteroatoms. The summed E-state index contributed by atoms with van der Waals surface area (Å²) in [6, 6.07) is 135. The Balaban J connectivity index is 0.000000107. The Morgan fingerprint density at radius 2 is 0.500 bits per heavy atom. The van der Waals surface area contributed by atoms with Gasteiger partial charge in [0.25, 0.3) is 0 Å². The van der Waals surface area contributed by atoms with Gasteiger partial charge in [-0.3, -0.25) is 0 Å². The fourth-order valence-electron chi connectivity index (χ4n) is 18.2. The Kier molecular flexibility index (Phi) is 17.1. The molecular formula is C113H72N6O3. The second kappa shape index (κ2) is 29.2. The molecule has 0 bridgehead atoms. The number of rotatable bonds is 9. The first-order chi connectivity index (χ1) is 60.2. The number of hydrogen-bond donors (Lipinski definition) is 0. The highest BCUT2D eigenvalue weighted by atomic mass is 16.3. The Morgan fingerprint density at radius 1 is 0.205 bits per heavy atom. The fourth-order valence-corrected chi connectivity index (χ4v) is 18.2. The molecule has 0 spiro atoms. The minimum atomic E-state index is -0.0252. The van der Waals surface area contributed by atoms with Crippen molar-refractivity contribution in [3.05, 3.63) is 412 Å². The van der Waals surface area contributed by atoms with Crippen molar-refractivity contribution >= 4 is 120 Å². The van der Waals surface area contributed by atoms with Crippen molar-refractivity contribution in [1.82, 2.24) is 29.9 Å². The van der Waals surface area contributed by atoms with Gasteiger partial charge in [-0.15, -0.1) is 0 Å². The highest BCUT2D eigenvalue weighted by molar-refractivity contribution is 6.19. The van der Waals surface area contributed by atoms with Crippen LogP contribution >= 0.6 is 0 Å². The molecule has 0 aliphatic heterocycles. The molecule has 24 aromatic rings. The van der Waals surface area contributed by atoms with Crippen molar-refractivity contribution in [3.63, 3.8) is 0 Å². The first-order valence-electron chi connectivity index (χ1n) is 41.2. The molecule has 0 saturated carbocycles. The predicted molar refractivity (Wildman–Crippen MR) is 502 cm³/mol. The molecule has 0 saturated heterocycles. The molecule has 0 N–H and O–H groups in total. The lowest BCUT2D eigenvalue weighted by atomic mass is 9.81. The molecule has 0 fully saturated rings. The third-order valence-electron chi connectivity index (χ3n) is 24.4. The summed E-state index contributed by atoms with van der Waals surface area (Å²) in [5.41, 5.74) is 31.7. The molecular weight excluding hydrogens is 1490 g/mol. The summed E-state index contributed by atoms with van der Waals surface area (Å²) in [6.45, 7) is 4.66. The lowest BCUT2D eigenvalue weighted by molar-refractivity contribution is 0.653. The molecule has 6 aromatic heterocycles. The second-order valence-electron chi connectivity index (χ2n) is 32.0. The van der Waals surface area contributed by atoms with Gasteiger partial charge in [-0.2, -0.15) is 0 Å². The topological polar surface area (TPSA) is 117 Å². The van der Waals surface area contributed by atoms with Crippen LogP contribution in [0, 0.1) is 0 Å². The summed E-state index contributed by atoms with van der Waals surface area (Å²) >= 11 is 0. The van der Waals surface area contributed by atoms with E-state index in [1.165, 1.54) is 82.7 Å². The third-order valence-corrected chi connectivity index (χ3v) is 24.4. The SMILES string of the molecule is CC1(C)c2ccccc2-c2ccc(-c3cccc(-c4cccc(-c5cnc6oc7ccc8ccccc8c7c6n5)c4)c3)cc21.c1cc(-c2cccc(-c3cccc4ccccc34)c2)cc(-c2cnc3oc4ccc5ccccc5c4c3n2)c1.c1cc(-c2cccc(-c3cnc4oc5ccc6ccccc6c5c4n3)c2)cc(-c2ccc3ccccc3c2)c1. The normalized spacial score (nSPS) is 12.2. The summed E-state index contributed by atoms with van der Waals surface area (Å²) in [7, 11) is 0. The van der Waals surface area contributed by atoms with Crippen LogP contribution < -0.4 is 0 Å². The van der Waals surface area contributed by atoms with Crippen LogP contribution in [-0.4, -0.2) is 29.9 Å². The Labute approximate surface area is 701 Å². The molecule has 18 aromatic carbocycles. The van der Waals surface area contributed by atoms with Crippen molar-refractivity contribution in [3.8, 4) is 112 Å². The Hall–Kier alpha value is -16.1. The van der Waals surface area contributed by atoms with E-state index in [2.05, 4.69) is 369 Å². The molecule has 572 valence electrons. The van der Waals surface area contributed by atoms with Crippen molar-refractivity contribution in [2.24, 2.45) is 0 Å². The molecule has 25 rings (SSSR count). The fraction of sp³-hybridized carbons (Fsp3) is 0.0265. The van der Waals surface area contributed by atoms with Gasteiger partial charge in [-0.1, -0.05) is 329 Å². The molecule has 0 radical (unpaired) electrons. The first kappa shape index (κ1) is 71.2. The van der Waals surface area contributed by atoms with Gasteiger partial charge < -0.3 is 13.3 Å². The van der Waals surface area contributed by atoms with Gasteiger partial charge in [0.15, 0.2) is 0 Å². The van der Waals surface area contributed by atoms with Crippen molar-refractivity contribution in [2.75, 3.05) is 0 Å². The van der Waals surface area contributed by atoms with Crippen molar-refractivity contribution < 1.29 is 13.3 Å². The van der Waals surface area contributed by atoms with Crippen LogP contribution in [-0.2, 0) is 5.41 Å². The average molecular weight is 1560 g/mol. The summed E-state index contributed by atoms with van der Waals surface area (Å²) in [4.78, 5) is 29.2. The van der Waals surface area contributed by atoms with E-state index in [9.17, 15) is 0 Å². The number of furan rings is 3. The van der Waals surface area contributed by atoms with E-state index >= 15 is 0 Å². The highest BCUT2D eigenvalue weighted by Crippen LogP contribution is 2.50. The van der Waals surface area contributed by atoms with Gasteiger partial charge in [0.2, 0.25) is 17.1 Å². The number of benzene rings is 18. The smallest absolute Gasteiger partial charge is 0.246 e. The van der Waals surface area contributed by atoms with Gasteiger partial charge in [0.05, 0.1) is 51.8 Å². The summed E-state index contributed by atoms with van der Waals surface area (Å²) in [5.74, 6) is 0. The van der Waals surface area contributed by atoms with E-state index in [-0.39, 0.29) is 5.41 Å². The van der Waals surface area contributed by atoms with Crippen LogP contribution in [0.15, 0.2) is 414 Å². The molecule has 0 unspecified atom stereocenters. The zero-order chi connectivity index (χ0) is 80.9. The van der Waals surface area contributed by atoms with Crippen molar-refractivity contribution in [1.29, 1.82) is 0 Å². The summed E-state index contributed by atoms with van der Waals surface area (Å²) in [6.07, 6.45) is 5.42. The van der Waals surface area contributed by atoms with Crippen LogP contribution in [0.5, 0.6) is 0 Å². The minimum absolute atomic E-state index is 0.0252. The number of aromatic nitrogens is 6. The molecule has 0 amide bonds. The predicted octanol–water partition coefficient (Wildman–Crippen LogP) is 30.2. The van der Waals surface area contributed by atoms with Gasteiger partial charge in [0.1, 0.15) is 33.3 Å². The lowest BCUT2D eigenvalue weighted by Crippen LogP contribution is -2.14. The average Bonchev–Trinajstić information content (AvgIpc) is 1.59. The first-order valence-corrected chi connectivity index (χ1v) is 41.2. The Bertz CT molecular complexity index is 8350. The standard InChI is InChI=1S/C41H28N2O.2C36H22N2O/c1-41(2)34-16-6-5-15-32(34)33-19-17-29(23-35(33)41)27-11-7-10-26(21-27)28-12-8-13-30(22-28)36-24-42-40-39(43-36)38-31-14-4-3-9-25(31)18-20-37(38)44-40;1-3-15-29-23(8-1)10-7-17-30(29)27-13-5-11-25(20-27)26-12-6-14-28(21-26)32-22-37-36-35(38-32)34-31-16-4-2-9-24(31)18-19-33(34)39-36;1-2-9-25-19-29(16-15-23(25)7-1)27-11-5-10-26(20-27)28-12-6-13-30(21-28)32-22-37-36-35(38-32)34-31-14-4-3-8-24(31)17-18-33(34)39-36/h3-24H,1-2H3;2*1-22H. The van der Waals surface area contributed by atoms with E-state index < -0.39 is 0 Å². The zero-order valence-electron chi connectivity index (χ0n) is 66.5. The van der Waals surface area contributed by atoms with Crippen LogP contribution in [0.3, 0.4) is 0 Å². The maximum Gasteiger partial charge on any atom is 0.246 e. The van der Waals surface area contributed by atoms with Gasteiger partial charge in [-0.25, -0.2) is 29.9 Å². The van der Waals surface area contributed by atoms with Gasteiger partial charge in [-0.05, 0) is 210 Å². The zero-order valence-corrected chi connectivity index (χ0v) is 66.5. The van der Waals surface area contributed by atoms with Gasteiger partial charge in [0, 0.05) is 22.1 Å². The van der Waals surface area contributed by atoms with E-state index in [4.69, 9.17) is 28.2 Å². The van der Waals surface area contributed by atoms with Crippen LogP contribution in [0.25, 0.3) is 232 Å². The molecule has 0 atom stereocenters. The molecule has 9 nitrogen and oxygen atoms in total. The number of fused-ring (bicyclic) bond motifs is 20. The maximum atomic E-state index is 6.08. The Morgan fingerprint density at radius 3 is 0.951 bits per heavy atom. The van der Waals surface area contributed by atoms with Crippen LogP contribution in [0.2, 0.25) is 0 Å². The number of nitrogens with zero attached hydrogens (tertiary/aromatic N) is 6. The molecule has 122 heavy (non-hydrogen) atoms. The van der Waals surface area contributed by atoms with Crippen molar-refractivity contribution in [2.45, 2.75) is 19.3 Å². The monoisotopic (exact) mass is 1560 g/mol.